The summed E-state index contributed by atoms with van der Waals surface area (Å²) in [6, 6.07) is 1.22. The van der Waals surface area contributed by atoms with E-state index in [0.29, 0.717) is 12.0 Å². The van der Waals surface area contributed by atoms with Crippen molar-refractivity contribution in [1.29, 1.82) is 0 Å². The van der Waals surface area contributed by atoms with Gasteiger partial charge in [0.25, 0.3) is 0 Å². The first-order chi connectivity index (χ1) is 10.1. The van der Waals surface area contributed by atoms with Crippen molar-refractivity contribution < 1.29 is 18.4 Å². The quantitative estimate of drug-likeness (QED) is 0.727. The lowest BCUT2D eigenvalue weighted by atomic mass is 9.81. The lowest BCUT2D eigenvalue weighted by Crippen LogP contribution is -2.47. The van der Waals surface area contributed by atoms with Crippen molar-refractivity contribution in [3.8, 4) is 0 Å². The van der Waals surface area contributed by atoms with E-state index in [1.165, 1.54) is 12.8 Å². The highest BCUT2D eigenvalue weighted by molar-refractivity contribution is 6.60. The van der Waals surface area contributed by atoms with E-state index >= 15 is 0 Å². The molecule has 5 nitrogen and oxygen atoms in total. The fourth-order valence-corrected chi connectivity index (χ4v) is 5.75. The molecule has 6 heteroatoms. The standard InChI is InChI=1S/C15H31NO4Si/c1-18-21(19-2,20-3)11-8-13-6-7-15(17)14(12-13)16-9-4-5-10-16/h13-15,17H,4-12H2,1-3H3. The summed E-state index contributed by atoms with van der Waals surface area (Å²) in [5, 5.41) is 10.3. The molecule has 2 fully saturated rings. The van der Waals surface area contributed by atoms with Gasteiger partial charge in [-0.25, -0.2) is 0 Å². The van der Waals surface area contributed by atoms with Crippen molar-refractivity contribution in [3.05, 3.63) is 0 Å². The Labute approximate surface area is 129 Å². The van der Waals surface area contributed by atoms with Crippen LogP contribution in [0.4, 0.5) is 0 Å². The van der Waals surface area contributed by atoms with Crippen molar-refractivity contribution in [1.82, 2.24) is 4.90 Å². The normalized spacial score (nSPS) is 31.7. The Morgan fingerprint density at radius 1 is 1.05 bits per heavy atom. The molecule has 1 heterocycles. The van der Waals surface area contributed by atoms with Gasteiger partial charge in [-0.2, -0.15) is 0 Å². The van der Waals surface area contributed by atoms with E-state index in [-0.39, 0.29) is 6.10 Å². The third-order valence-corrected chi connectivity index (χ3v) is 8.06. The lowest BCUT2D eigenvalue weighted by Gasteiger charge is -2.39. The van der Waals surface area contributed by atoms with Crippen molar-refractivity contribution in [3.63, 3.8) is 0 Å². The molecule has 1 N–H and O–H groups in total. The van der Waals surface area contributed by atoms with Crippen molar-refractivity contribution in [2.75, 3.05) is 34.4 Å². The first-order valence-corrected chi connectivity index (χ1v) is 10.1. The molecule has 0 bridgehead atoms. The van der Waals surface area contributed by atoms with Crippen LogP contribution in [0.3, 0.4) is 0 Å². The molecule has 0 aromatic rings. The van der Waals surface area contributed by atoms with Gasteiger partial charge >= 0.3 is 8.80 Å². The smallest absolute Gasteiger partial charge is 0.391 e. The summed E-state index contributed by atoms with van der Waals surface area (Å²) >= 11 is 0. The molecule has 2 rings (SSSR count). The molecule has 0 aromatic carbocycles. The Morgan fingerprint density at radius 2 is 1.67 bits per heavy atom. The third kappa shape index (κ3) is 4.27. The van der Waals surface area contributed by atoms with Gasteiger partial charge in [-0.3, -0.25) is 4.90 Å². The van der Waals surface area contributed by atoms with Crippen LogP contribution in [-0.4, -0.2) is 65.4 Å². The van der Waals surface area contributed by atoms with E-state index in [9.17, 15) is 5.11 Å². The molecule has 124 valence electrons. The molecule has 0 aromatic heterocycles. The Hall–Kier alpha value is 0.0169. The van der Waals surface area contributed by atoms with E-state index in [0.717, 1.165) is 44.8 Å². The molecule has 21 heavy (non-hydrogen) atoms. The summed E-state index contributed by atoms with van der Waals surface area (Å²) in [6.07, 6.45) is 6.61. The average molecular weight is 318 g/mol. The molecule has 0 amide bonds. The number of hydrogen-bond donors (Lipinski definition) is 1. The highest BCUT2D eigenvalue weighted by Crippen LogP contribution is 2.34. The van der Waals surface area contributed by atoms with Crippen LogP contribution in [0.1, 0.15) is 38.5 Å². The number of rotatable bonds is 7. The predicted molar refractivity (Wildman–Crippen MR) is 84.1 cm³/mol. The zero-order chi connectivity index (χ0) is 15.3. The summed E-state index contributed by atoms with van der Waals surface area (Å²) in [5.41, 5.74) is 0. The minimum Gasteiger partial charge on any atom is -0.391 e. The van der Waals surface area contributed by atoms with Crippen LogP contribution in [-0.2, 0) is 13.3 Å². The molecular weight excluding hydrogens is 286 g/mol. The minimum absolute atomic E-state index is 0.145. The highest BCUT2D eigenvalue weighted by Gasteiger charge is 2.40. The molecule has 2 aliphatic rings. The van der Waals surface area contributed by atoms with E-state index in [2.05, 4.69) is 4.90 Å². The SMILES string of the molecule is CO[Si](CCC1CCC(O)C(N2CCCC2)C1)(OC)OC. The van der Waals surface area contributed by atoms with Gasteiger partial charge in [0.15, 0.2) is 0 Å². The van der Waals surface area contributed by atoms with Gasteiger partial charge in [0.05, 0.1) is 6.10 Å². The average Bonchev–Trinajstić information content (AvgIpc) is 3.05. The van der Waals surface area contributed by atoms with Crippen molar-refractivity contribution in [2.24, 2.45) is 5.92 Å². The lowest BCUT2D eigenvalue weighted by molar-refractivity contribution is 0.0116. The molecule has 0 spiro atoms. The van der Waals surface area contributed by atoms with Crippen LogP contribution >= 0.6 is 0 Å². The van der Waals surface area contributed by atoms with Crippen molar-refractivity contribution in [2.45, 2.75) is 56.7 Å². The first kappa shape index (κ1) is 17.4. The fraction of sp³-hybridized carbons (Fsp3) is 1.00. The van der Waals surface area contributed by atoms with E-state index < -0.39 is 8.80 Å². The van der Waals surface area contributed by atoms with Crippen molar-refractivity contribution >= 4 is 8.80 Å². The van der Waals surface area contributed by atoms with E-state index in [1.807, 2.05) is 0 Å². The van der Waals surface area contributed by atoms with Gasteiger partial charge in [0.1, 0.15) is 0 Å². The summed E-state index contributed by atoms with van der Waals surface area (Å²) in [5.74, 6) is 0.645. The highest BCUT2D eigenvalue weighted by atomic mass is 28.4. The van der Waals surface area contributed by atoms with Gasteiger partial charge in [0.2, 0.25) is 0 Å². The van der Waals surface area contributed by atoms with E-state index in [1.54, 1.807) is 21.3 Å². The van der Waals surface area contributed by atoms with Gasteiger partial charge < -0.3 is 18.4 Å². The Morgan fingerprint density at radius 3 is 2.24 bits per heavy atom. The summed E-state index contributed by atoms with van der Waals surface area (Å²) in [6.45, 7) is 2.31. The molecular formula is C15H31NO4Si. The maximum Gasteiger partial charge on any atom is 0.500 e. The molecule has 1 aliphatic heterocycles. The number of aliphatic hydroxyl groups excluding tert-OH is 1. The number of nitrogens with zero attached hydrogens (tertiary/aromatic N) is 1. The fourth-order valence-electron chi connectivity index (χ4n) is 3.88. The second-order valence-corrected chi connectivity index (χ2v) is 9.48. The Bertz CT molecular complexity index is 300. The maximum atomic E-state index is 10.3. The van der Waals surface area contributed by atoms with Crippen LogP contribution in [0, 0.1) is 5.92 Å². The topological polar surface area (TPSA) is 51.2 Å². The van der Waals surface area contributed by atoms with Crippen LogP contribution in [0.2, 0.25) is 6.04 Å². The van der Waals surface area contributed by atoms with Crippen LogP contribution in [0.15, 0.2) is 0 Å². The van der Waals surface area contributed by atoms with Gasteiger partial charge in [-0.1, -0.05) is 0 Å². The third-order valence-electron chi connectivity index (χ3n) is 5.29. The number of aliphatic hydroxyl groups is 1. The molecule has 1 saturated heterocycles. The minimum atomic E-state index is -2.45. The maximum absolute atomic E-state index is 10.3. The van der Waals surface area contributed by atoms with Gasteiger partial charge in [-0.15, -0.1) is 0 Å². The Kier molecular flexibility index (Phi) is 6.65. The largest absolute Gasteiger partial charge is 0.500 e. The zero-order valence-electron chi connectivity index (χ0n) is 13.7. The summed E-state index contributed by atoms with van der Waals surface area (Å²) in [7, 11) is 2.58. The Balaban J connectivity index is 1.86. The summed E-state index contributed by atoms with van der Waals surface area (Å²) in [4.78, 5) is 2.49. The molecule has 1 saturated carbocycles. The van der Waals surface area contributed by atoms with Gasteiger partial charge in [-0.05, 0) is 57.5 Å². The first-order valence-electron chi connectivity index (χ1n) is 8.21. The second-order valence-electron chi connectivity index (χ2n) is 6.39. The van der Waals surface area contributed by atoms with Crippen LogP contribution in [0.25, 0.3) is 0 Å². The second kappa shape index (κ2) is 8.03. The van der Waals surface area contributed by atoms with Crippen LogP contribution < -0.4 is 0 Å². The zero-order valence-corrected chi connectivity index (χ0v) is 14.7. The van der Waals surface area contributed by atoms with Crippen LogP contribution in [0.5, 0.6) is 0 Å². The predicted octanol–water partition coefficient (Wildman–Crippen LogP) is 1.88. The number of likely N-dealkylation sites (tertiary alicyclic amines) is 1. The molecule has 1 aliphatic carbocycles. The van der Waals surface area contributed by atoms with Gasteiger partial charge in [0, 0.05) is 33.4 Å². The monoisotopic (exact) mass is 317 g/mol. The van der Waals surface area contributed by atoms with E-state index in [4.69, 9.17) is 13.3 Å². The summed E-state index contributed by atoms with van der Waals surface area (Å²) < 4.78 is 16.5. The molecule has 3 atom stereocenters. The molecule has 3 unspecified atom stereocenters. The molecule has 0 radical (unpaired) electrons. The number of hydrogen-bond acceptors (Lipinski definition) is 5.